The van der Waals surface area contributed by atoms with Crippen molar-refractivity contribution in [1.82, 2.24) is 9.97 Å². The van der Waals surface area contributed by atoms with Gasteiger partial charge in [0.15, 0.2) is 0 Å². The smallest absolute Gasteiger partial charge is 0.141 e. The lowest BCUT2D eigenvalue weighted by Crippen LogP contribution is -1.95. The molecule has 3 aromatic rings. The predicted octanol–water partition coefficient (Wildman–Crippen LogP) is 4.74. The Bertz CT molecular complexity index is 728. The minimum atomic E-state index is 0.813. The number of anilines is 2. The first-order chi connectivity index (χ1) is 9.22. The van der Waals surface area contributed by atoms with Crippen molar-refractivity contribution in [2.75, 3.05) is 5.32 Å². The van der Waals surface area contributed by atoms with E-state index in [9.17, 15) is 0 Å². The third-order valence-corrected chi connectivity index (χ3v) is 3.92. The molecule has 94 valence electrons. The maximum absolute atomic E-state index is 4.32. The van der Waals surface area contributed by atoms with Crippen LogP contribution in [0.3, 0.4) is 0 Å². The number of rotatable bonds is 2. The highest BCUT2D eigenvalue weighted by Gasteiger charge is 2.04. The van der Waals surface area contributed by atoms with Gasteiger partial charge in [0.1, 0.15) is 12.1 Å². The molecule has 0 aliphatic carbocycles. The number of fused-ring (bicyclic) bond motifs is 1. The van der Waals surface area contributed by atoms with Crippen LogP contribution in [0.5, 0.6) is 0 Å². The Kier molecular flexibility index (Phi) is 3.65. The maximum atomic E-state index is 4.32. The molecule has 3 rings (SSSR count). The molecule has 0 amide bonds. The fraction of sp³-hybridized carbons (Fsp3) is 0. The lowest BCUT2D eigenvalue weighted by Gasteiger charge is -2.08. The molecule has 1 heterocycles. The summed E-state index contributed by atoms with van der Waals surface area (Å²) in [5.41, 5.74) is 1.94. The van der Waals surface area contributed by atoms with E-state index in [-0.39, 0.29) is 0 Å². The van der Waals surface area contributed by atoms with Gasteiger partial charge in [0.05, 0.1) is 5.52 Å². The van der Waals surface area contributed by atoms with Gasteiger partial charge < -0.3 is 5.32 Å². The largest absolute Gasteiger partial charge is 0.340 e. The van der Waals surface area contributed by atoms with Gasteiger partial charge in [-0.1, -0.05) is 15.9 Å². The van der Waals surface area contributed by atoms with Gasteiger partial charge >= 0.3 is 0 Å². The highest BCUT2D eigenvalue weighted by atomic mass is 127. The molecule has 0 radical (unpaired) electrons. The average molecular weight is 426 g/mol. The van der Waals surface area contributed by atoms with Crippen LogP contribution >= 0.6 is 38.5 Å². The number of hydrogen-bond acceptors (Lipinski definition) is 3. The van der Waals surface area contributed by atoms with E-state index in [1.54, 1.807) is 6.33 Å². The van der Waals surface area contributed by atoms with Gasteiger partial charge in [-0.15, -0.1) is 0 Å². The average Bonchev–Trinajstić information content (AvgIpc) is 2.42. The molecule has 0 atom stereocenters. The van der Waals surface area contributed by atoms with Crippen LogP contribution in [-0.4, -0.2) is 9.97 Å². The van der Waals surface area contributed by atoms with Crippen molar-refractivity contribution in [3.05, 3.63) is 56.8 Å². The van der Waals surface area contributed by atoms with Crippen molar-refractivity contribution in [2.45, 2.75) is 0 Å². The van der Waals surface area contributed by atoms with Gasteiger partial charge in [-0.3, -0.25) is 0 Å². The number of halogens is 2. The molecule has 0 bridgehead atoms. The lowest BCUT2D eigenvalue weighted by atomic mass is 10.2. The molecule has 0 saturated heterocycles. The van der Waals surface area contributed by atoms with Crippen LogP contribution in [-0.2, 0) is 0 Å². The van der Waals surface area contributed by atoms with Crippen LogP contribution in [0.15, 0.2) is 53.3 Å². The van der Waals surface area contributed by atoms with E-state index in [0.717, 1.165) is 26.9 Å². The van der Waals surface area contributed by atoms with E-state index in [4.69, 9.17) is 0 Å². The van der Waals surface area contributed by atoms with Gasteiger partial charge in [0.25, 0.3) is 0 Å². The number of nitrogens with one attached hydrogen (secondary N) is 1. The monoisotopic (exact) mass is 425 g/mol. The molecule has 0 aliphatic heterocycles. The van der Waals surface area contributed by atoms with Crippen LogP contribution in [0.2, 0.25) is 0 Å². The van der Waals surface area contributed by atoms with Crippen molar-refractivity contribution in [2.24, 2.45) is 0 Å². The first-order valence-electron chi connectivity index (χ1n) is 5.65. The Morgan fingerprint density at radius 1 is 1.00 bits per heavy atom. The molecule has 1 N–H and O–H groups in total. The van der Waals surface area contributed by atoms with E-state index in [0.29, 0.717) is 0 Å². The summed E-state index contributed by atoms with van der Waals surface area (Å²) in [5.74, 6) is 0.813. The quantitative estimate of drug-likeness (QED) is 0.602. The standard InChI is InChI=1S/C14H9BrIN3/c15-9-1-6-13-12(7-9)14(18-8-17-13)19-11-4-2-10(16)3-5-11/h1-8H,(H,17,18,19). The third-order valence-electron chi connectivity index (χ3n) is 2.70. The Balaban J connectivity index is 2.05. The summed E-state index contributed by atoms with van der Waals surface area (Å²) >= 11 is 5.76. The van der Waals surface area contributed by atoms with Crippen molar-refractivity contribution < 1.29 is 0 Å². The van der Waals surface area contributed by atoms with Crippen molar-refractivity contribution in [3.63, 3.8) is 0 Å². The SMILES string of the molecule is Brc1ccc2ncnc(Nc3ccc(I)cc3)c2c1. The fourth-order valence-corrected chi connectivity index (χ4v) is 2.52. The van der Waals surface area contributed by atoms with E-state index in [1.165, 1.54) is 3.57 Å². The van der Waals surface area contributed by atoms with Gasteiger partial charge in [0, 0.05) is 19.1 Å². The van der Waals surface area contributed by atoms with E-state index < -0.39 is 0 Å². The Hall–Kier alpha value is -1.21. The fourth-order valence-electron chi connectivity index (χ4n) is 1.80. The molecule has 0 fully saturated rings. The highest BCUT2D eigenvalue weighted by Crippen LogP contribution is 2.26. The first kappa shape index (κ1) is 12.8. The predicted molar refractivity (Wildman–Crippen MR) is 89.7 cm³/mol. The van der Waals surface area contributed by atoms with E-state index in [1.807, 2.05) is 30.3 Å². The molecule has 0 unspecified atom stereocenters. The minimum absolute atomic E-state index is 0.813. The van der Waals surface area contributed by atoms with E-state index in [2.05, 4.69) is 65.9 Å². The molecule has 1 aromatic heterocycles. The molecule has 0 spiro atoms. The second-order valence-corrected chi connectivity index (χ2v) is 6.18. The maximum Gasteiger partial charge on any atom is 0.141 e. The van der Waals surface area contributed by atoms with Gasteiger partial charge in [-0.05, 0) is 65.1 Å². The van der Waals surface area contributed by atoms with Gasteiger partial charge in [-0.2, -0.15) is 0 Å². The Morgan fingerprint density at radius 2 is 1.79 bits per heavy atom. The van der Waals surface area contributed by atoms with Gasteiger partial charge in [0.2, 0.25) is 0 Å². The zero-order valence-electron chi connectivity index (χ0n) is 9.77. The number of hydrogen-bond donors (Lipinski definition) is 1. The topological polar surface area (TPSA) is 37.8 Å². The number of nitrogens with zero attached hydrogens (tertiary/aromatic N) is 2. The molecular weight excluding hydrogens is 417 g/mol. The summed E-state index contributed by atoms with van der Waals surface area (Å²) in [4.78, 5) is 8.59. The zero-order chi connectivity index (χ0) is 13.2. The second kappa shape index (κ2) is 5.42. The summed E-state index contributed by atoms with van der Waals surface area (Å²) < 4.78 is 2.22. The summed E-state index contributed by atoms with van der Waals surface area (Å²) in [6.07, 6.45) is 1.57. The molecular formula is C14H9BrIN3. The number of benzene rings is 2. The van der Waals surface area contributed by atoms with Crippen LogP contribution < -0.4 is 5.32 Å². The highest BCUT2D eigenvalue weighted by molar-refractivity contribution is 14.1. The summed E-state index contributed by atoms with van der Waals surface area (Å²) in [5, 5.41) is 4.32. The Morgan fingerprint density at radius 3 is 2.58 bits per heavy atom. The minimum Gasteiger partial charge on any atom is -0.340 e. The summed E-state index contributed by atoms with van der Waals surface area (Å²) in [7, 11) is 0. The normalized spacial score (nSPS) is 10.6. The molecule has 19 heavy (non-hydrogen) atoms. The second-order valence-electron chi connectivity index (χ2n) is 4.02. The molecule has 3 nitrogen and oxygen atoms in total. The molecule has 0 saturated carbocycles. The van der Waals surface area contributed by atoms with E-state index >= 15 is 0 Å². The van der Waals surface area contributed by atoms with Crippen molar-refractivity contribution >= 4 is 60.9 Å². The first-order valence-corrected chi connectivity index (χ1v) is 7.52. The molecule has 2 aromatic carbocycles. The Labute approximate surface area is 132 Å². The van der Waals surface area contributed by atoms with Crippen LogP contribution in [0.1, 0.15) is 0 Å². The molecule has 5 heteroatoms. The molecule has 0 aliphatic rings. The van der Waals surface area contributed by atoms with Crippen molar-refractivity contribution in [3.8, 4) is 0 Å². The number of aromatic nitrogens is 2. The lowest BCUT2D eigenvalue weighted by molar-refractivity contribution is 1.22. The van der Waals surface area contributed by atoms with Crippen LogP contribution in [0.25, 0.3) is 10.9 Å². The van der Waals surface area contributed by atoms with Gasteiger partial charge in [-0.25, -0.2) is 9.97 Å². The third kappa shape index (κ3) is 2.87. The van der Waals surface area contributed by atoms with Crippen molar-refractivity contribution in [1.29, 1.82) is 0 Å². The zero-order valence-corrected chi connectivity index (χ0v) is 13.5. The summed E-state index contributed by atoms with van der Waals surface area (Å²) in [6, 6.07) is 14.2. The van der Waals surface area contributed by atoms with Crippen LogP contribution in [0.4, 0.5) is 11.5 Å². The summed E-state index contributed by atoms with van der Waals surface area (Å²) in [6.45, 7) is 0. The van der Waals surface area contributed by atoms with Crippen LogP contribution in [0, 0.1) is 3.57 Å².